The zero-order valence-corrected chi connectivity index (χ0v) is 20.1. The molecule has 1 aromatic carbocycles. The van der Waals surface area contributed by atoms with E-state index in [1.165, 1.54) is 11.3 Å². The van der Waals surface area contributed by atoms with Crippen LogP contribution in [0.4, 0.5) is 5.69 Å². The molecular weight excluding hydrogens is 418 g/mol. The molecule has 0 spiro atoms. The quantitative estimate of drug-likeness (QED) is 0.296. The number of benzene rings is 1. The van der Waals surface area contributed by atoms with Crippen molar-refractivity contribution in [2.75, 3.05) is 12.3 Å². The molecule has 0 saturated carbocycles. The molecule has 0 fully saturated rings. The van der Waals surface area contributed by atoms with E-state index in [2.05, 4.69) is 72.3 Å². The summed E-state index contributed by atoms with van der Waals surface area (Å²) in [6.07, 6.45) is 6.08. The molecule has 0 aliphatic rings. The van der Waals surface area contributed by atoms with E-state index in [1.807, 2.05) is 24.7 Å². The van der Waals surface area contributed by atoms with Crippen molar-refractivity contribution >= 4 is 29.9 Å². The lowest BCUT2D eigenvalue weighted by Gasteiger charge is -2.36. The Bertz CT molecular complexity index is 752. The summed E-state index contributed by atoms with van der Waals surface area (Å²) >= 11 is 3.61. The van der Waals surface area contributed by atoms with Gasteiger partial charge in [0.1, 0.15) is 0 Å². The molecule has 0 aliphatic carbocycles. The predicted molar refractivity (Wildman–Crippen MR) is 121 cm³/mol. The van der Waals surface area contributed by atoms with Gasteiger partial charge in [0, 0.05) is 35.2 Å². The van der Waals surface area contributed by atoms with Crippen LogP contribution in [0.1, 0.15) is 57.7 Å². The Labute approximate surface area is 173 Å². The molecule has 1 atom stereocenters. The molecule has 1 unspecified atom stereocenters. The van der Waals surface area contributed by atoms with Gasteiger partial charge in [-0.05, 0) is 54.6 Å². The van der Waals surface area contributed by atoms with Crippen molar-refractivity contribution in [2.24, 2.45) is 0 Å². The Hall–Kier alpha value is -1.11. The van der Waals surface area contributed by atoms with E-state index < -0.39 is 8.32 Å². The molecule has 1 heterocycles. The highest BCUT2D eigenvalue weighted by Gasteiger charge is 2.36. The van der Waals surface area contributed by atoms with Crippen molar-refractivity contribution in [2.45, 2.75) is 71.1 Å². The number of hydrogen-bond donors (Lipinski definition) is 1. The lowest BCUT2D eigenvalue weighted by Crippen LogP contribution is -2.41. The zero-order chi connectivity index (χ0) is 20.2. The molecule has 4 nitrogen and oxygen atoms in total. The Kier molecular flexibility index (Phi) is 7.33. The Morgan fingerprint density at radius 2 is 2.00 bits per heavy atom. The van der Waals surface area contributed by atoms with Gasteiger partial charge in [-0.15, -0.1) is 0 Å². The molecule has 1 aromatic heterocycles. The number of hydrogen-bond acceptors (Lipinski definition) is 3. The van der Waals surface area contributed by atoms with E-state index in [-0.39, 0.29) is 5.04 Å². The summed E-state index contributed by atoms with van der Waals surface area (Å²) in [5.41, 5.74) is 9.09. The van der Waals surface area contributed by atoms with Crippen molar-refractivity contribution < 1.29 is 4.43 Å². The van der Waals surface area contributed by atoms with Crippen LogP contribution in [0.25, 0.3) is 0 Å². The van der Waals surface area contributed by atoms with Gasteiger partial charge in [0.15, 0.2) is 8.32 Å². The van der Waals surface area contributed by atoms with Gasteiger partial charge in [-0.3, -0.25) is 0 Å². The lowest BCUT2D eigenvalue weighted by atomic mass is 10.0. The van der Waals surface area contributed by atoms with Crippen molar-refractivity contribution in [3.63, 3.8) is 0 Å². The van der Waals surface area contributed by atoms with Crippen LogP contribution in [0.15, 0.2) is 35.2 Å². The third-order valence-corrected chi connectivity index (χ3v) is 11.0. The second kappa shape index (κ2) is 8.93. The Morgan fingerprint density at radius 1 is 1.30 bits per heavy atom. The fourth-order valence-corrected chi connectivity index (χ4v) is 4.44. The normalized spacial score (nSPS) is 13.7. The number of nitrogens with two attached hydrogens (primary N) is 1. The smallest absolute Gasteiger partial charge is 0.191 e. The van der Waals surface area contributed by atoms with Gasteiger partial charge in [-0.1, -0.05) is 49.7 Å². The van der Waals surface area contributed by atoms with Gasteiger partial charge in [-0.2, -0.15) is 0 Å². The number of nitrogens with zero attached hydrogens (tertiary/aromatic N) is 2. The number of anilines is 1. The molecule has 6 heteroatoms. The van der Waals surface area contributed by atoms with Gasteiger partial charge >= 0.3 is 0 Å². The molecule has 0 saturated heterocycles. The molecule has 2 aromatic rings. The van der Waals surface area contributed by atoms with Crippen molar-refractivity contribution in [3.8, 4) is 0 Å². The van der Waals surface area contributed by atoms with Crippen molar-refractivity contribution in [3.05, 3.63) is 46.5 Å². The van der Waals surface area contributed by atoms with E-state index in [9.17, 15) is 0 Å². The van der Waals surface area contributed by atoms with Gasteiger partial charge in [0.05, 0.1) is 6.33 Å². The first-order valence-corrected chi connectivity index (χ1v) is 13.4. The van der Waals surface area contributed by atoms with Gasteiger partial charge in [0.2, 0.25) is 0 Å². The SMILES string of the molecule is CC(CCCO[Si](C)(C)C(C)(C)C)c1cncn1Cc1ccc(N)cc1Br. The van der Waals surface area contributed by atoms with Crippen LogP contribution in [0.2, 0.25) is 18.1 Å². The summed E-state index contributed by atoms with van der Waals surface area (Å²) in [5.74, 6) is 0.447. The molecular formula is C21H34BrN3OSi. The second-order valence-corrected chi connectivity index (χ2v) is 14.6. The molecule has 0 amide bonds. The van der Waals surface area contributed by atoms with Crippen LogP contribution < -0.4 is 5.73 Å². The molecule has 2 N–H and O–H groups in total. The Morgan fingerprint density at radius 3 is 2.63 bits per heavy atom. The summed E-state index contributed by atoms with van der Waals surface area (Å²) in [7, 11) is -1.65. The maximum Gasteiger partial charge on any atom is 0.191 e. The van der Waals surface area contributed by atoms with Gasteiger partial charge in [0.25, 0.3) is 0 Å². The predicted octanol–water partition coefficient (Wildman–Crippen LogP) is 6.18. The van der Waals surface area contributed by atoms with Crippen LogP contribution in [0.5, 0.6) is 0 Å². The molecule has 0 radical (unpaired) electrons. The second-order valence-electron chi connectivity index (χ2n) is 8.95. The number of nitrogen functional groups attached to an aromatic ring is 1. The first-order valence-electron chi connectivity index (χ1n) is 9.69. The van der Waals surface area contributed by atoms with E-state index in [1.54, 1.807) is 0 Å². The van der Waals surface area contributed by atoms with E-state index in [0.29, 0.717) is 5.92 Å². The number of halogens is 1. The molecule has 150 valence electrons. The van der Waals surface area contributed by atoms with Crippen molar-refractivity contribution in [1.82, 2.24) is 9.55 Å². The van der Waals surface area contributed by atoms with Gasteiger partial charge in [-0.25, -0.2) is 4.98 Å². The zero-order valence-electron chi connectivity index (χ0n) is 17.6. The minimum atomic E-state index is -1.65. The monoisotopic (exact) mass is 451 g/mol. The summed E-state index contributed by atoms with van der Waals surface area (Å²) in [6, 6.07) is 5.97. The third kappa shape index (κ3) is 5.93. The largest absolute Gasteiger partial charge is 0.417 e. The number of rotatable bonds is 8. The molecule has 27 heavy (non-hydrogen) atoms. The minimum Gasteiger partial charge on any atom is -0.417 e. The summed E-state index contributed by atoms with van der Waals surface area (Å²) in [6.45, 7) is 15.4. The third-order valence-electron chi connectivity index (χ3n) is 5.72. The van der Waals surface area contributed by atoms with Crippen molar-refractivity contribution in [1.29, 1.82) is 0 Å². The lowest BCUT2D eigenvalue weighted by molar-refractivity contribution is 0.275. The fourth-order valence-electron chi connectivity index (χ4n) is 2.83. The highest BCUT2D eigenvalue weighted by atomic mass is 79.9. The molecule has 0 aliphatic heterocycles. The minimum absolute atomic E-state index is 0.268. The molecule has 2 rings (SSSR count). The fraction of sp³-hybridized carbons (Fsp3) is 0.571. The first kappa shape index (κ1) is 22.2. The van der Waals surface area contributed by atoms with Crippen LogP contribution in [-0.2, 0) is 11.0 Å². The highest BCUT2D eigenvalue weighted by molar-refractivity contribution is 9.10. The average molecular weight is 453 g/mol. The highest BCUT2D eigenvalue weighted by Crippen LogP contribution is 2.36. The summed E-state index contributed by atoms with van der Waals surface area (Å²) < 4.78 is 9.58. The molecule has 0 bridgehead atoms. The summed E-state index contributed by atoms with van der Waals surface area (Å²) in [4.78, 5) is 4.38. The van der Waals surface area contributed by atoms with E-state index in [0.717, 1.165) is 36.2 Å². The first-order chi connectivity index (χ1) is 12.5. The van der Waals surface area contributed by atoms with Gasteiger partial charge < -0.3 is 14.7 Å². The van der Waals surface area contributed by atoms with Crippen LogP contribution in [0, 0.1) is 0 Å². The van der Waals surface area contributed by atoms with Crippen LogP contribution in [-0.4, -0.2) is 24.5 Å². The Balaban J connectivity index is 1.93. The maximum absolute atomic E-state index is 6.31. The number of imidazole rings is 1. The topological polar surface area (TPSA) is 53.1 Å². The summed E-state index contributed by atoms with van der Waals surface area (Å²) in [5, 5.41) is 0.268. The standard InChI is InChI=1S/C21H34BrN3OSi/c1-16(8-7-11-26-27(5,6)21(2,3)4)20-13-24-15-25(20)14-17-9-10-18(23)12-19(17)22/h9-10,12-13,15-16H,7-8,11,14,23H2,1-6H3. The average Bonchev–Trinajstić information content (AvgIpc) is 3.01. The van der Waals surface area contributed by atoms with Crippen LogP contribution in [0.3, 0.4) is 0 Å². The van der Waals surface area contributed by atoms with Crippen LogP contribution >= 0.6 is 15.9 Å². The van der Waals surface area contributed by atoms with E-state index in [4.69, 9.17) is 10.2 Å². The van der Waals surface area contributed by atoms with E-state index >= 15 is 0 Å². The number of aromatic nitrogens is 2. The maximum atomic E-state index is 6.31.